The van der Waals surface area contributed by atoms with Crippen molar-refractivity contribution in [3.8, 4) is 0 Å². The molecule has 1 aromatic rings. The van der Waals surface area contributed by atoms with Gasteiger partial charge in [0.15, 0.2) is 0 Å². The summed E-state index contributed by atoms with van der Waals surface area (Å²) in [6, 6.07) is 8.97. The zero-order chi connectivity index (χ0) is 12.1. The van der Waals surface area contributed by atoms with Gasteiger partial charge in [0.1, 0.15) is 0 Å². The smallest absolute Gasteiger partial charge is 0.262 e. The third-order valence-electron chi connectivity index (χ3n) is 2.44. The molecule has 0 spiro atoms. The summed E-state index contributed by atoms with van der Waals surface area (Å²) in [5.74, 6) is 0. The van der Waals surface area contributed by atoms with Crippen molar-refractivity contribution in [2.45, 2.75) is 12.1 Å². The normalized spacial score (nSPS) is 23.1. The molecule has 0 aliphatic heterocycles. The summed E-state index contributed by atoms with van der Waals surface area (Å²) in [7, 11) is 0. The highest BCUT2D eigenvalue weighted by atomic mass is 16.6. The molecule has 0 N–H and O–H groups in total. The van der Waals surface area contributed by atoms with Crippen molar-refractivity contribution in [1.82, 2.24) is 0 Å². The van der Waals surface area contributed by atoms with E-state index in [2.05, 4.69) is 10.2 Å². The monoisotopic (exact) mass is 229 g/mol. The fourth-order valence-corrected chi connectivity index (χ4v) is 1.48. The predicted molar refractivity (Wildman–Crippen MR) is 63.6 cm³/mol. The molecule has 0 heterocycles. The quantitative estimate of drug-likeness (QED) is 0.453. The molecule has 0 amide bonds. The van der Waals surface area contributed by atoms with Crippen LogP contribution in [0, 0.1) is 10.1 Å². The largest absolute Gasteiger partial charge is 0.352 e. The zero-order valence-electron chi connectivity index (χ0n) is 9.06. The first-order valence-electron chi connectivity index (χ1n) is 5.20. The number of hydrogen-bond donors (Lipinski definition) is 0. The van der Waals surface area contributed by atoms with Gasteiger partial charge in [-0.2, -0.15) is 0 Å². The summed E-state index contributed by atoms with van der Waals surface area (Å²) < 4.78 is 0. The van der Waals surface area contributed by atoms with Crippen LogP contribution in [0.15, 0.2) is 64.9 Å². The molecule has 0 saturated carbocycles. The Morgan fingerprint density at radius 2 is 2.00 bits per heavy atom. The number of hydrogen-bond acceptors (Lipinski definition) is 4. The van der Waals surface area contributed by atoms with Crippen molar-refractivity contribution < 1.29 is 4.92 Å². The van der Waals surface area contributed by atoms with E-state index in [-0.39, 0.29) is 6.42 Å². The minimum Gasteiger partial charge on any atom is -0.262 e. The van der Waals surface area contributed by atoms with E-state index in [1.807, 2.05) is 18.2 Å². The molecule has 0 fully saturated rings. The standard InChI is InChI=1S/C12H11N3O2/c16-15(17)12(9-5-2-6-10-12)14-13-11-7-3-1-4-8-11/h1-9H,10H2. The lowest BCUT2D eigenvalue weighted by Gasteiger charge is -2.15. The highest BCUT2D eigenvalue weighted by molar-refractivity contribution is 5.35. The molecule has 1 aliphatic rings. The van der Waals surface area contributed by atoms with Gasteiger partial charge in [0.05, 0.1) is 17.0 Å². The lowest BCUT2D eigenvalue weighted by molar-refractivity contribution is -0.553. The van der Waals surface area contributed by atoms with Crippen LogP contribution in [0.5, 0.6) is 0 Å². The van der Waals surface area contributed by atoms with Crippen LogP contribution in [-0.2, 0) is 0 Å². The Balaban J connectivity index is 2.25. The Labute approximate surface area is 98.3 Å². The maximum Gasteiger partial charge on any atom is 0.352 e. The van der Waals surface area contributed by atoms with Crippen molar-refractivity contribution in [2.75, 3.05) is 0 Å². The van der Waals surface area contributed by atoms with E-state index < -0.39 is 10.6 Å². The third-order valence-corrected chi connectivity index (χ3v) is 2.44. The first kappa shape index (κ1) is 11.2. The highest BCUT2D eigenvalue weighted by Crippen LogP contribution is 2.25. The number of nitro groups is 1. The maximum absolute atomic E-state index is 11.1. The predicted octanol–water partition coefficient (Wildman–Crippen LogP) is 3.26. The van der Waals surface area contributed by atoms with Gasteiger partial charge in [0.25, 0.3) is 0 Å². The first-order chi connectivity index (χ1) is 8.23. The van der Waals surface area contributed by atoms with Gasteiger partial charge in [-0.3, -0.25) is 10.1 Å². The van der Waals surface area contributed by atoms with E-state index in [0.717, 1.165) is 0 Å². The minimum absolute atomic E-state index is 0.229. The Kier molecular flexibility index (Phi) is 3.09. The second-order valence-corrected chi connectivity index (χ2v) is 3.66. The van der Waals surface area contributed by atoms with E-state index in [1.165, 1.54) is 6.08 Å². The van der Waals surface area contributed by atoms with Crippen LogP contribution in [0.1, 0.15) is 6.42 Å². The fraction of sp³-hybridized carbons (Fsp3) is 0.167. The molecular weight excluding hydrogens is 218 g/mol. The summed E-state index contributed by atoms with van der Waals surface area (Å²) in [5, 5.41) is 18.9. The van der Waals surface area contributed by atoms with Gasteiger partial charge in [0, 0.05) is 6.08 Å². The Bertz CT molecular complexity index is 494. The second kappa shape index (κ2) is 4.69. The van der Waals surface area contributed by atoms with E-state index in [0.29, 0.717) is 5.69 Å². The second-order valence-electron chi connectivity index (χ2n) is 3.66. The zero-order valence-corrected chi connectivity index (χ0v) is 9.06. The van der Waals surface area contributed by atoms with Crippen LogP contribution < -0.4 is 0 Å². The van der Waals surface area contributed by atoms with E-state index >= 15 is 0 Å². The molecule has 5 nitrogen and oxygen atoms in total. The topological polar surface area (TPSA) is 67.9 Å². The summed E-state index contributed by atoms with van der Waals surface area (Å²) in [6.07, 6.45) is 6.79. The van der Waals surface area contributed by atoms with E-state index in [4.69, 9.17) is 0 Å². The summed E-state index contributed by atoms with van der Waals surface area (Å²) in [6.45, 7) is 0. The van der Waals surface area contributed by atoms with Crippen molar-refractivity contribution >= 4 is 5.69 Å². The SMILES string of the molecule is O=[N+]([O-])C1(N=Nc2ccccc2)C=CC=CC1. The van der Waals surface area contributed by atoms with Crippen molar-refractivity contribution in [3.63, 3.8) is 0 Å². The molecular formula is C12H11N3O2. The molecule has 1 aliphatic carbocycles. The van der Waals surface area contributed by atoms with Crippen LogP contribution in [-0.4, -0.2) is 10.6 Å². The molecule has 0 radical (unpaired) electrons. The van der Waals surface area contributed by atoms with Gasteiger partial charge in [-0.15, -0.1) is 10.2 Å². The maximum atomic E-state index is 11.1. The van der Waals surface area contributed by atoms with Crippen molar-refractivity contribution in [2.24, 2.45) is 10.2 Å². The average molecular weight is 229 g/mol. The molecule has 5 heteroatoms. The number of rotatable bonds is 3. The van der Waals surface area contributed by atoms with Gasteiger partial charge in [-0.05, 0) is 12.1 Å². The van der Waals surface area contributed by atoms with Gasteiger partial charge in [-0.1, -0.05) is 36.4 Å². The third kappa shape index (κ3) is 2.44. The first-order valence-corrected chi connectivity index (χ1v) is 5.20. The summed E-state index contributed by atoms with van der Waals surface area (Å²) in [5.41, 5.74) is -0.846. The molecule has 1 unspecified atom stereocenters. The van der Waals surface area contributed by atoms with Gasteiger partial charge in [-0.25, -0.2) is 0 Å². The van der Waals surface area contributed by atoms with Gasteiger partial charge >= 0.3 is 5.66 Å². The molecule has 0 bridgehead atoms. The van der Waals surface area contributed by atoms with Crippen LogP contribution >= 0.6 is 0 Å². The molecule has 17 heavy (non-hydrogen) atoms. The van der Waals surface area contributed by atoms with Gasteiger partial charge in [0.2, 0.25) is 0 Å². The molecule has 1 atom stereocenters. The Morgan fingerprint density at radius 3 is 2.59 bits per heavy atom. The molecule has 86 valence electrons. The fourth-order valence-electron chi connectivity index (χ4n) is 1.48. The number of benzene rings is 1. The van der Waals surface area contributed by atoms with Gasteiger partial charge < -0.3 is 0 Å². The Morgan fingerprint density at radius 1 is 1.24 bits per heavy atom. The molecule has 0 aromatic heterocycles. The van der Waals surface area contributed by atoms with E-state index in [9.17, 15) is 10.1 Å². The summed E-state index contributed by atoms with van der Waals surface area (Å²) >= 11 is 0. The number of azo groups is 1. The molecule has 2 rings (SSSR count). The van der Waals surface area contributed by atoms with E-state index in [1.54, 1.807) is 30.4 Å². The number of nitrogens with zero attached hydrogens (tertiary/aromatic N) is 3. The average Bonchev–Trinajstić information content (AvgIpc) is 2.38. The van der Waals surface area contributed by atoms with Crippen LogP contribution in [0.2, 0.25) is 0 Å². The molecule has 1 aromatic carbocycles. The van der Waals surface area contributed by atoms with Crippen molar-refractivity contribution in [3.05, 3.63) is 64.8 Å². The summed E-state index contributed by atoms with van der Waals surface area (Å²) in [4.78, 5) is 10.6. The van der Waals surface area contributed by atoms with Crippen LogP contribution in [0.25, 0.3) is 0 Å². The lowest BCUT2D eigenvalue weighted by atomic mass is 10.0. The highest BCUT2D eigenvalue weighted by Gasteiger charge is 2.40. The Hall–Kier alpha value is -2.30. The van der Waals surface area contributed by atoms with Crippen LogP contribution in [0.4, 0.5) is 5.69 Å². The number of allylic oxidation sites excluding steroid dienone is 2. The van der Waals surface area contributed by atoms with Crippen molar-refractivity contribution in [1.29, 1.82) is 0 Å². The minimum atomic E-state index is -1.45. The lowest BCUT2D eigenvalue weighted by Crippen LogP contribution is -2.33. The molecule has 0 saturated heterocycles. The van der Waals surface area contributed by atoms with Crippen LogP contribution in [0.3, 0.4) is 0 Å².